The molecule has 0 spiro atoms. The maximum Gasteiger partial charge on any atom is 0.319 e. The molecule has 116 valence electrons. The van der Waals surface area contributed by atoms with E-state index < -0.39 is 23.4 Å². The monoisotopic (exact) mass is 316 g/mol. The minimum atomic E-state index is -0.796. The fraction of sp³-hybridized carbons (Fsp3) is 0.500. The van der Waals surface area contributed by atoms with Gasteiger partial charge in [0.05, 0.1) is 0 Å². The first-order valence-electron chi connectivity index (χ1n) is 6.68. The molecular weight excluding hydrogens is 298 g/mol. The molecule has 21 heavy (non-hydrogen) atoms. The van der Waals surface area contributed by atoms with Crippen molar-refractivity contribution in [1.82, 2.24) is 5.32 Å². The Hall–Kier alpha value is -1.34. The Morgan fingerprint density at radius 3 is 2.52 bits per heavy atom. The van der Waals surface area contributed by atoms with Crippen LogP contribution in [0.15, 0.2) is 18.2 Å². The average molecular weight is 316 g/mol. The molecule has 7 heteroatoms. The minimum Gasteiger partial charge on any atom is -0.381 e. The Bertz CT molecular complexity index is 487. The predicted molar refractivity (Wildman–Crippen MR) is 79.7 cm³/mol. The van der Waals surface area contributed by atoms with Crippen LogP contribution in [-0.2, 0) is 4.74 Å². The van der Waals surface area contributed by atoms with Crippen LogP contribution in [-0.4, -0.2) is 36.8 Å². The molecule has 0 bridgehead atoms. The summed E-state index contributed by atoms with van der Waals surface area (Å²) >= 11 is 1.68. The molecule has 1 heterocycles. The molecule has 1 saturated heterocycles. The number of rotatable bonds is 4. The lowest BCUT2D eigenvalue weighted by atomic mass is 9.99. The number of hydrogen-bond donors (Lipinski definition) is 2. The number of urea groups is 1. The highest BCUT2D eigenvalue weighted by molar-refractivity contribution is 8.00. The topological polar surface area (TPSA) is 50.4 Å². The summed E-state index contributed by atoms with van der Waals surface area (Å²) in [5.74, 6) is -1.59. The van der Waals surface area contributed by atoms with Gasteiger partial charge in [0, 0.05) is 24.5 Å². The van der Waals surface area contributed by atoms with E-state index in [1.165, 1.54) is 6.07 Å². The molecule has 1 aliphatic heterocycles. The van der Waals surface area contributed by atoms with Crippen molar-refractivity contribution in [3.8, 4) is 0 Å². The van der Waals surface area contributed by atoms with Crippen LogP contribution >= 0.6 is 11.8 Å². The van der Waals surface area contributed by atoms with E-state index in [1.807, 2.05) is 6.26 Å². The van der Waals surface area contributed by atoms with Crippen LogP contribution in [0, 0.1) is 11.6 Å². The molecule has 4 nitrogen and oxygen atoms in total. The van der Waals surface area contributed by atoms with E-state index in [4.69, 9.17) is 4.74 Å². The Kier molecular flexibility index (Phi) is 5.41. The lowest BCUT2D eigenvalue weighted by Gasteiger charge is -2.35. The Labute approximate surface area is 126 Å². The zero-order valence-corrected chi connectivity index (χ0v) is 12.6. The van der Waals surface area contributed by atoms with Gasteiger partial charge in [0.15, 0.2) is 0 Å². The number of hydrogen-bond acceptors (Lipinski definition) is 3. The van der Waals surface area contributed by atoms with Crippen molar-refractivity contribution in [3.63, 3.8) is 0 Å². The molecule has 0 aromatic heterocycles. The summed E-state index contributed by atoms with van der Waals surface area (Å²) in [7, 11) is 0. The molecule has 2 amide bonds. The number of carbonyl (C=O) groups is 1. The molecule has 0 atom stereocenters. The van der Waals surface area contributed by atoms with E-state index in [-0.39, 0.29) is 4.75 Å². The number of anilines is 1. The second-order valence-corrected chi connectivity index (χ2v) is 6.18. The molecule has 1 aromatic rings. The van der Waals surface area contributed by atoms with Crippen molar-refractivity contribution < 1.29 is 18.3 Å². The molecular formula is C14H18F2N2O2S. The maximum atomic E-state index is 13.4. The summed E-state index contributed by atoms with van der Waals surface area (Å²) in [6.45, 7) is 1.75. The first-order chi connectivity index (χ1) is 10.1. The standard InChI is InChI=1S/C14H18F2N2O2S/c1-21-14(5-7-20-8-6-14)9-17-13(19)18-12-10(15)3-2-4-11(12)16/h2-4H,5-9H2,1H3,(H2,17,18,19). The fourth-order valence-corrected chi connectivity index (χ4v) is 3.00. The van der Waals surface area contributed by atoms with Crippen LogP contribution in [0.3, 0.4) is 0 Å². The van der Waals surface area contributed by atoms with Crippen LogP contribution in [0.4, 0.5) is 19.3 Å². The zero-order valence-electron chi connectivity index (χ0n) is 11.7. The summed E-state index contributed by atoms with van der Waals surface area (Å²) in [4.78, 5) is 11.8. The number of halogens is 2. The number of carbonyl (C=O) groups excluding carboxylic acids is 1. The SMILES string of the molecule is CSC1(CNC(=O)Nc2c(F)cccc2F)CCOCC1. The minimum absolute atomic E-state index is 0.0800. The van der Waals surface area contributed by atoms with Gasteiger partial charge in [-0.2, -0.15) is 11.8 Å². The van der Waals surface area contributed by atoms with Gasteiger partial charge in [-0.3, -0.25) is 0 Å². The van der Waals surface area contributed by atoms with Gasteiger partial charge < -0.3 is 15.4 Å². The van der Waals surface area contributed by atoms with Crippen LogP contribution < -0.4 is 10.6 Å². The van der Waals surface area contributed by atoms with Crippen molar-refractivity contribution in [2.45, 2.75) is 17.6 Å². The summed E-state index contributed by atoms with van der Waals surface area (Å²) in [5.41, 5.74) is -0.430. The highest BCUT2D eigenvalue weighted by Gasteiger charge is 2.32. The summed E-state index contributed by atoms with van der Waals surface area (Å²) in [5, 5.41) is 4.91. The van der Waals surface area contributed by atoms with Crippen LogP contribution in [0.2, 0.25) is 0 Å². The quantitative estimate of drug-likeness (QED) is 0.898. The second kappa shape index (κ2) is 7.09. The predicted octanol–water partition coefficient (Wildman–Crippen LogP) is 3.00. The van der Waals surface area contributed by atoms with Gasteiger partial charge >= 0.3 is 6.03 Å². The number of amides is 2. The van der Waals surface area contributed by atoms with E-state index >= 15 is 0 Å². The van der Waals surface area contributed by atoms with E-state index in [9.17, 15) is 13.6 Å². The largest absolute Gasteiger partial charge is 0.381 e. The first-order valence-corrected chi connectivity index (χ1v) is 7.90. The third-order valence-electron chi connectivity index (χ3n) is 3.61. The summed E-state index contributed by atoms with van der Waals surface area (Å²) in [6.07, 6.45) is 3.66. The average Bonchev–Trinajstić information content (AvgIpc) is 2.50. The Morgan fingerprint density at radius 1 is 1.33 bits per heavy atom. The van der Waals surface area contributed by atoms with Crippen molar-refractivity contribution >= 4 is 23.5 Å². The molecule has 2 N–H and O–H groups in total. The van der Waals surface area contributed by atoms with Crippen molar-refractivity contribution in [3.05, 3.63) is 29.8 Å². The van der Waals surface area contributed by atoms with Crippen LogP contribution in [0.5, 0.6) is 0 Å². The third-order valence-corrected chi connectivity index (χ3v) is 5.03. The lowest BCUT2D eigenvalue weighted by molar-refractivity contribution is 0.0778. The van der Waals surface area contributed by atoms with E-state index in [1.54, 1.807) is 11.8 Å². The number of nitrogens with one attached hydrogen (secondary N) is 2. The highest BCUT2D eigenvalue weighted by atomic mass is 32.2. The molecule has 1 fully saturated rings. The van der Waals surface area contributed by atoms with Crippen LogP contribution in [0.25, 0.3) is 0 Å². The van der Waals surface area contributed by atoms with Gasteiger partial charge in [0.1, 0.15) is 17.3 Å². The van der Waals surface area contributed by atoms with Crippen molar-refractivity contribution in [1.29, 1.82) is 0 Å². The summed E-state index contributed by atoms with van der Waals surface area (Å²) in [6, 6.07) is 2.83. The van der Waals surface area contributed by atoms with E-state index in [0.717, 1.165) is 25.0 Å². The van der Waals surface area contributed by atoms with Gasteiger partial charge in [-0.05, 0) is 31.2 Å². The van der Waals surface area contributed by atoms with Gasteiger partial charge in [-0.25, -0.2) is 13.6 Å². The van der Waals surface area contributed by atoms with Crippen molar-refractivity contribution in [2.24, 2.45) is 0 Å². The van der Waals surface area contributed by atoms with Crippen molar-refractivity contribution in [2.75, 3.05) is 31.3 Å². The van der Waals surface area contributed by atoms with Gasteiger partial charge in [-0.1, -0.05) is 6.07 Å². The molecule has 0 radical (unpaired) electrons. The molecule has 1 aliphatic rings. The number of thioether (sulfide) groups is 1. The highest BCUT2D eigenvalue weighted by Crippen LogP contribution is 2.33. The molecule has 0 aliphatic carbocycles. The number of ether oxygens (including phenoxy) is 1. The fourth-order valence-electron chi connectivity index (χ4n) is 2.21. The maximum absolute atomic E-state index is 13.4. The Balaban J connectivity index is 1.93. The smallest absolute Gasteiger partial charge is 0.319 e. The number of benzene rings is 1. The van der Waals surface area contributed by atoms with E-state index in [0.29, 0.717) is 19.8 Å². The van der Waals surface area contributed by atoms with E-state index in [2.05, 4.69) is 10.6 Å². The molecule has 0 saturated carbocycles. The molecule has 1 aromatic carbocycles. The van der Waals surface area contributed by atoms with Gasteiger partial charge in [-0.15, -0.1) is 0 Å². The molecule has 0 unspecified atom stereocenters. The second-order valence-electron chi connectivity index (χ2n) is 4.90. The van der Waals surface area contributed by atoms with Crippen LogP contribution in [0.1, 0.15) is 12.8 Å². The lowest BCUT2D eigenvalue weighted by Crippen LogP contribution is -2.45. The normalized spacial score (nSPS) is 17.3. The third kappa shape index (κ3) is 4.07. The Morgan fingerprint density at radius 2 is 1.95 bits per heavy atom. The zero-order chi connectivity index (χ0) is 15.3. The first kappa shape index (κ1) is 16.0. The number of para-hydroxylation sites is 1. The van der Waals surface area contributed by atoms with Gasteiger partial charge in [0.2, 0.25) is 0 Å². The molecule has 2 rings (SSSR count). The van der Waals surface area contributed by atoms with Gasteiger partial charge in [0.25, 0.3) is 0 Å². The summed E-state index contributed by atoms with van der Waals surface area (Å²) < 4.78 is 32.1.